The zero-order valence-corrected chi connectivity index (χ0v) is 16.8. The lowest BCUT2D eigenvalue weighted by atomic mass is 9.98. The number of methoxy groups -OCH3 is 2. The normalized spacial score (nSPS) is 19.5. The zero-order chi connectivity index (χ0) is 19.4. The van der Waals surface area contributed by atoms with Crippen LogP contribution < -0.4 is 25.0 Å². The molecule has 1 aliphatic heterocycles. The quantitative estimate of drug-likeness (QED) is 0.802. The van der Waals surface area contributed by atoms with Crippen molar-refractivity contribution >= 4 is 33.3 Å². The number of rotatable bonds is 5. The molecule has 27 heavy (non-hydrogen) atoms. The number of anilines is 3. The summed E-state index contributed by atoms with van der Waals surface area (Å²) >= 11 is 1.39. The van der Waals surface area contributed by atoms with Gasteiger partial charge in [-0.05, 0) is 45.2 Å². The second-order valence-corrected chi connectivity index (χ2v) is 7.53. The molecule has 1 aromatic heterocycles. The van der Waals surface area contributed by atoms with Gasteiger partial charge >= 0.3 is 6.03 Å². The molecule has 1 aliphatic rings. The van der Waals surface area contributed by atoms with Crippen molar-refractivity contribution in [3.8, 4) is 11.5 Å². The molecule has 146 valence electrons. The molecule has 0 saturated carbocycles. The molecule has 0 radical (unpaired) electrons. The Hall–Kier alpha value is -2.55. The first-order valence-corrected chi connectivity index (χ1v) is 9.75. The molecule has 0 bridgehead atoms. The SMILES string of the molecule is COc1ccc(NC(=O)Nc2nnc(N3[C@@H](C)CCC[C@@H]3C)s2)cc1OC. The number of carbonyl (C=O) groups is 1. The smallest absolute Gasteiger partial charge is 0.325 e. The molecule has 1 saturated heterocycles. The molecule has 1 fully saturated rings. The Balaban J connectivity index is 1.64. The van der Waals surface area contributed by atoms with Gasteiger partial charge in [0.05, 0.1) is 14.2 Å². The lowest BCUT2D eigenvalue weighted by Gasteiger charge is -2.38. The Morgan fingerprint density at radius 1 is 1.11 bits per heavy atom. The fourth-order valence-electron chi connectivity index (χ4n) is 3.34. The predicted octanol–water partition coefficient (Wildman–Crippen LogP) is 3.97. The van der Waals surface area contributed by atoms with Crippen molar-refractivity contribution in [2.24, 2.45) is 0 Å². The molecule has 1 aromatic carbocycles. The molecular formula is C18H25N5O3S. The topological polar surface area (TPSA) is 88.6 Å². The van der Waals surface area contributed by atoms with E-state index < -0.39 is 0 Å². The summed E-state index contributed by atoms with van der Waals surface area (Å²) < 4.78 is 10.4. The van der Waals surface area contributed by atoms with Crippen LogP contribution in [0.4, 0.5) is 20.7 Å². The third-order valence-corrected chi connectivity index (χ3v) is 5.54. The number of piperidine rings is 1. The van der Waals surface area contributed by atoms with Crippen LogP contribution in [0.5, 0.6) is 11.5 Å². The van der Waals surface area contributed by atoms with Crippen molar-refractivity contribution in [1.82, 2.24) is 10.2 Å². The summed E-state index contributed by atoms with van der Waals surface area (Å²) in [5, 5.41) is 15.2. The van der Waals surface area contributed by atoms with Gasteiger partial charge in [-0.25, -0.2) is 4.79 Å². The molecule has 2 heterocycles. The van der Waals surface area contributed by atoms with Crippen molar-refractivity contribution in [3.63, 3.8) is 0 Å². The van der Waals surface area contributed by atoms with Gasteiger partial charge in [-0.15, -0.1) is 10.2 Å². The molecule has 8 nitrogen and oxygen atoms in total. The molecule has 2 aromatic rings. The fraction of sp³-hybridized carbons (Fsp3) is 0.500. The van der Waals surface area contributed by atoms with E-state index >= 15 is 0 Å². The number of nitrogens with zero attached hydrogens (tertiary/aromatic N) is 3. The Morgan fingerprint density at radius 3 is 2.48 bits per heavy atom. The Bertz CT molecular complexity index is 787. The number of urea groups is 1. The summed E-state index contributed by atoms with van der Waals surface area (Å²) in [6, 6.07) is 5.64. The van der Waals surface area contributed by atoms with E-state index in [0.717, 1.165) is 18.0 Å². The molecule has 2 N–H and O–H groups in total. The highest BCUT2D eigenvalue weighted by molar-refractivity contribution is 7.19. The van der Waals surface area contributed by atoms with Gasteiger partial charge in [-0.1, -0.05) is 11.3 Å². The van der Waals surface area contributed by atoms with Crippen LogP contribution in [0, 0.1) is 0 Å². The zero-order valence-electron chi connectivity index (χ0n) is 16.0. The van der Waals surface area contributed by atoms with Crippen LogP contribution in [0.3, 0.4) is 0 Å². The van der Waals surface area contributed by atoms with E-state index in [4.69, 9.17) is 9.47 Å². The lowest BCUT2D eigenvalue weighted by Crippen LogP contribution is -2.43. The lowest BCUT2D eigenvalue weighted by molar-refractivity contribution is 0.262. The molecule has 0 unspecified atom stereocenters. The van der Waals surface area contributed by atoms with Crippen molar-refractivity contribution in [2.45, 2.75) is 45.2 Å². The second kappa shape index (κ2) is 8.43. The maximum atomic E-state index is 12.3. The molecule has 2 atom stereocenters. The average Bonchev–Trinajstić information content (AvgIpc) is 3.09. The van der Waals surface area contributed by atoms with Gasteiger partial charge in [-0.3, -0.25) is 5.32 Å². The standard InChI is InChI=1S/C18H25N5O3S/c1-11-6-5-7-12(2)23(11)18-22-21-17(27-18)20-16(24)19-13-8-9-14(25-3)15(10-13)26-4/h8-12H,5-7H2,1-4H3,(H2,19,20,21,24)/t11-,12-/m0/s1. The molecule has 2 amide bonds. The van der Waals surface area contributed by atoms with E-state index in [0.29, 0.717) is 34.4 Å². The number of ether oxygens (including phenoxy) is 2. The summed E-state index contributed by atoms with van der Waals surface area (Å²) in [5.41, 5.74) is 0.591. The summed E-state index contributed by atoms with van der Waals surface area (Å²) in [6.45, 7) is 4.40. The number of hydrogen-bond donors (Lipinski definition) is 2. The molecule has 3 rings (SSSR count). The minimum atomic E-state index is -0.385. The van der Waals surface area contributed by atoms with Crippen molar-refractivity contribution in [2.75, 3.05) is 29.8 Å². The third-order valence-electron chi connectivity index (χ3n) is 4.69. The molecule has 9 heteroatoms. The maximum Gasteiger partial charge on any atom is 0.325 e. The van der Waals surface area contributed by atoms with Crippen LogP contribution in [0.15, 0.2) is 18.2 Å². The summed E-state index contributed by atoms with van der Waals surface area (Å²) in [4.78, 5) is 14.6. The number of nitrogens with one attached hydrogen (secondary N) is 2. The highest BCUT2D eigenvalue weighted by atomic mass is 32.1. The number of amides is 2. The minimum absolute atomic E-state index is 0.385. The third kappa shape index (κ3) is 4.41. The van der Waals surface area contributed by atoms with Crippen LogP contribution in [-0.2, 0) is 0 Å². The van der Waals surface area contributed by atoms with Gasteiger partial charge in [0.15, 0.2) is 11.5 Å². The number of carbonyl (C=O) groups excluding carboxylic acids is 1. The fourth-order valence-corrected chi connectivity index (χ4v) is 4.29. The van der Waals surface area contributed by atoms with Gasteiger partial charge < -0.3 is 19.7 Å². The highest BCUT2D eigenvalue weighted by Gasteiger charge is 2.27. The van der Waals surface area contributed by atoms with Gasteiger partial charge in [0, 0.05) is 23.8 Å². The number of aromatic nitrogens is 2. The first-order chi connectivity index (χ1) is 13.0. The van der Waals surface area contributed by atoms with Crippen LogP contribution in [0.25, 0.3) is 0 Å². The Kier molecular flexibility index (Phi) is 6.00. The van der Waals surface area contributed by atoms with Crippen LogP contribution in [0.2, 0.25) is 0 Å². The highest BCUT2D eigenvalue weighted by Crippen LogP contribution is 2.33. The van der Waals surface area contributed by atoms with Crippen molar-refractivity contribution in [3.05, 3.63) is 18.2 Å². The predicted molar refractivity (Wildman–Crippen MR) is 107 cm³/mol. The number of hydrogen-bond acceptors (Lipinski definition) is 7. The number of benzene rings is 1. The average molecular weight is 391 g/mol. The van der Waals surface area contributed by atoms with E-state index in [9.17, 15) is 4.79 Å². The van der Waals surface area contributed by atoms with Gasteiger partial charge in [0.1, 0.15) is 0 Å². The molecule has 0 spiro atoms. The van der Waals surface area contributed by atoms with E-state index in [1.165, 1.54) is 17.8 Å². The van der Waals surface area contributed by atoms with E-state index in [1.807, 2.05) is 0 Å². The summed E-state index contributed by atoms with van der Waals surface area (Å²) in [5.74, 6) is 1.14. The van der Waals surface area contributed by atoms with Gasteiger partial charge in [-0.2, -0.15) is 0 Å². The van der Waals surface area contributed by atoms with Crippen LogP contribution in [-0.4, -0.2) is 42.5 Å². The second-order valence-electron chi connectivity index (χ2n) is 6.57. The van der Waals surface area contributed by atoms with E-state index in [2.05, 4.69) is 39.6 Å². The van der Waals surface area contributed by atoms with Gasteiger partial charge in [0.25, 0.3) is 0 Å². The molecular weight excluding hydrogens is 366 g/mol. The molecule has 0 aliphatic carbocycles. The van der Waals surface area contributed by atoms with Crippen LogP contribution >= 0.6 is 11.3 Å². The summed E-state index contributed by atoms with van der Waals surface area (Å²) in [6.07, 6.45) is 3.52. The van der Waals surface area contributed by atoms with Crippen molar-refractivity contribution < 1.29 is 14.3 Å². The van der Waals surface area contributed by atoms with E-state index in [1.54, 1.807) is 32.4 Å². The Morgan fingerprint density at radius 2 is 1.81 bits per heavy atom. The largest absolute Gasteiger partial charge is 0.493 e. The first-order valence-electron chi connectivity index (χ1n) is 8.93. The minimum Gasteiger partial charge on any atom is -0.493 e. The first kappa shape index (κ1) is 19.2. The maximum absolute atomic E-state index is 12.3. The van der Waals surface area contributed by atoms with Crippen LogP contribution in [0.1, 0.15) is 33.1 Å². The monoisotopic (exact) mass is 391 g/mol. The van der Waals surface area contributed by atoms with Gasteiger partial charge in [0.2, 0.25) is 10.3 Å². The van der Waals surface area contributed by atoms with E-state index in [-0.39, 0.29) is 6.03 Å². The summed E-state index contributed by atoms with van der Waals surface area (Å²) in [7, 11) is 3.11. The van der Waals surface area contributed by atoms with Crippen molar-refractivity contribution in [1.29, 1.82) is 0 Å². The Labute approximate surface area is 162 Å².